The third-order valence-corrected chi connectivity index (χ3v) is 2.50. The van der Waals surface area contributed by atoms with Gasteiger partial charge in [0.2, 0.25) is 11.6 Å². The largest absolute Gasteiger partial charge is 0.540 e. The van der Waals surface area contributed by atoms with E-state index < -0.39 is 0 Å². The number of benzene rings is 1. The Morgan fingerprint density at radius 3 is 2.40 bits per heavy atom. The summed E-state index contributed by atoms with van der Waals surface area (Å²) in [6.07, 6.45) is 0. The molecule has 0 N–H and O–H groups in total. The Balaban J connectivity index is 2.32. The van der Waals surface area contributed by atoms with E-state index in [9.17, 15) is 5.11 Å². The molecule has 3 heteroatoms. The minimum absolute atomic E-state index is 0.247. The van der Waals surface area contributed by atoms with E-state index >= 15 is 0 Å². The lowest BCUT2D eigenvalue weighted by atomic mass is 10.2. The molecular formula is C12H13NO2. The monoisotopic (exact) mass is 203 g/mol. The molecule has 2 aromatic rings. The fourth-order valence-electron chi connectivity index (χ4n) is 1.61. The van der Waals surface area contributed by atoms with Gasteiger partial charge in [-0.15, -0.1) is 0 Å². The Hall–Kier alpha value is -1.77. The van der Waals surface area contributed by atoms with Crippen molar-refractivity contribution < 1.29 is 14.1 Å². The molecule has 0 atom stereocenters. The van der Waals surface area contributed by atoms with E-state index in [2.05, 4.69) is 0 Å². The van der Waals surface area contributed by atoms with Crippen molar-refractivity contribution in [2.45, 2.75) is 20.4 Å². The van der Waals surface area contributed by atoms with Gasteiger partial charge in [-0.3, -0.25) is 0 Å². The summed E-state index contributed by atoms with van der Waals surface area (Å²) in [5, 5.41) is 11.3. The highest BCUT2D eigenvalue weighted by Crippen LogP contribution is 2.11. The van der Waals surface area contributed by atoms with Crippen LogP contribution in [0.25, 0.3) is 0 Å². The van der Waals surface area contributed by atoms with Crippen molar-refractivity contribution >= 4 is 0 Å². The molecule has 0 aliphatic carbocycles. The number of oxazole rings is 1. The fourth-order valence-corrected chi connectivity index (χ4v) is 1.61. The van der Waals surface area contributed by atoms with Crippen molar-refractivity contribution in [1.29, 1.82) is 0 Å². The first-order valence-corrected chi connectivity index (χ1v) is 4.89. The minimum Gasteiger partial charge on any atom is -0.540 e. The zero-order valence-corrected chi connectivity index (χ0v) is 8.86. The lowest BCUT2D eigenvalue weighted by Crippen LogP contribution is -2.38. The molecule has 3 nitrogen and oxygen atoms in total. The Morgan fingerprint density at radius 2 is 1.87 bits per heavy atom. The van der Waals surface area contributed by atoms with Crippen LogP contribution in [0.1, 0.15) is 17.1 Å². The van der Waals surface area contributed by atoms with E-state index in [0.717, 1.165) is 5.56 Å². The molecule has 2 rings (SSSR count). The molecule has 0 aliphatic rings. The van der Waals surface area contributed by atoms with Gasteiger partial charge in [0.25, 0.3) is 0 Å². The van der Waals surface area contributed by atoms with Gasteiger partial charge in [-0.1, -0.05) is 30.3 Å². The summed E-state index contributed by atoms with van der Waals surface area (Å²) >= 11 is 0. The number of aryl methyl sites for hydroxylation is 1. The maximum absolute atomic E-state index is 11.3. The molecule has 0 saturated heterocycles. The topological polar surface area (TPSA) is 40.1 Å². The molecule has 0 bridgehead atoms. The summed E-state index contributed by atoms with van der Waals surface area (Å²) in [4.78, 5) is 0. The third-order valence-electron chi connectivity index (χ3n) is 2.50. The standard InChI is InChI=1S/C12H13NO2/c1-9-12(14)15-10(2)13(9)8-11-6-4-3-5-7-11/h3-7H,8H2,1-2H3. The van der Waals surface area contributed by atoms with E-state index in [1.165, 1.54) is 0 Å². The zero-order chi connectivity index (χ0) is 10.8. The molecule has 0 fully saturated rings. The van der Waals surface area contributed by atoms with Crippen LogP contribution in [0, 0.1) is 13.8 Å². The molecule has 0 radical (unpaired) electrons. The molecule has 1 heterocycles. The highest BCUT2D eigenvalue weighted by molar-refractivity contribution is 5.14. The lowest BCUT2D eigenvalue weighted by Gasteiger charge is -1.98. The number of rotatable bonds is 2. The van der Waals surface area contributed by atoms with E-state index in [1.54, 1.807) is 13.8 Å². The maximum Gasteiger partial charge on any atom is 0.233 e. The maximum atomic E-state index is 11.3. The molecular weight excluding hydrogens is 190 g/mol. The van der Waals surface area contributed by atoms with Crippen LogP contribution in [0.4, 0.5) is 0 Å². The van der Waals surface area contributed by atoms with Crippen molar-refractivity contribution in [3.05, 3.63) is 47.5 Å². The van der Waals surface area contributed by atoms with Crippen molar-refractivity contribution in [1.82, 2.24) is 0 Å². The van der Waals surface area contributed by atoms with Crippen LogP contribution in [0.15, 0.2) is 34.7 Å². The van der Waals surface area contributed by atoms with Crippen LogP contribution >= 0.6 is 0 Å². The minimum atomic E-state index is -0.247. The molecule has 15 heavy (non-hydrogen) atoms. The Bertz CT molecular complexity index is 460. The molecule has 78 valence electrons. The average molecular weight is 203 g/mol. The van der Waals surface area contributed by atoms with Gasteiger partial charge >= 0.3 is 0 Å². The highest BCUT2D eigenvalue weighted by Gasteiger charge is 2.14. The SMILES string of the molecule is Cc1oc([O-])c(C)[n+]1Cc1ccccc1. The van der Waals surface area contributed by atoms with Gasteiger partial charge in [0.15, 0.2) is 6.54 Å². The molecule has 0 aliphatic heterocycles. The summed E-state index contributed by atoms with van der Waals surface area (Å²) < 4.78 is 6.91. The van der Waals surface area contributed by atoms with Crippen LogP contribution in [0.5, 0.6) is 5.95 Å². The summed E-state index contributed by atoms with van der Waals surface area (Å²) in [5.41, 5.74) is 1.81. The Kier molecular flexibility index (Phi) is 2.46. The van der Waals surface area contributed by atoms with E-state index in [1.807, 2.05) is 34.9 Å². The van der Waals surface area contributed by atoms with Crippen molar-refractivity contribution in [3.8, 4) is 5.95 Å². The number of nitrogens with zero attached hydrogens (tertiary/aromatic N) is 1. The third kappa shape index (κ3) is 1.86. The number of aromatic nitrogens is 1. The second kappa shape index (κ2) is 3.77. The van der Waals surface area contributed by atoms with Crippen LogP contribution in [-0.2, 0) is 6.54 Å². The predicted molar refractivity (Wildman–Crippen MR) is 53.4 cm³/mol. The molecule has 0 saturated carbocycles. The second-order valence-electron chi connectivity index (χ2n) is 3.57. The van der Waals surface area contributed by atoms with Crippen LogP contribution < -0.4 is 9.67 Å². The Labute approximate surface area is 88.6 Å². The molecule has 1 aromatic carbocycles. The van der Waals surface area contributed by atoms with Gasteiger partial charge in [0.1, 0.15) is 5.95 Å². The number of hydrogen-bond acceptors (Lipinski definition) is 2. The first-order chi connectivity index (χ1) is 7.18. The predicted octanol–water partition coefficient (Wildman–Crippen LogP) is 1.31. The lowest BCUT2D eigenvalue weighted by molar-refractivity contribution is -0.703. The van der Waals surface area contributed by atoms with Gasteiger partial charge in [-0.05, 0) is 0 Å². The first-order valence-electron chi connectivity index (χ1n) is 4.89. The van der Waals surface area contributed by atoms with Crippen molar-refractivity contribution in [2.24, 2.45) is 0 Å². The average Bonchev–Trinajstić information content (AvgIpc) is 2.47. The summed E-state index contributed by atoms with van der Waals surface area (Å²) in [6, 6.07) is 10.0. The van der Waals surface area contributed by atoms with Crippen LogP contribution in [0.2, 0.25) is 0 Å². The van der Waals surface area contributed by atoms with E-state index in [-0.39, 0.29) is 5.95 Å². The van der Waals surface area contributed by atoms with Gasteiger partial charge in [0.05, 0.1) is 0 Å². The number of hydrogen-bond donors (Lipinski definition) is 0. The second-order valence-corrected chi connectivity index (χ2v) is 3.57. The summed E-state index contributed by atoms with van der Waals surface area (Å²) in [6.45, 7) is 4.27. The molecule has 0 amide bonds. The summed E-state index contributed by atoms with van der Waals surface area (Å²) in [7, 11) is 0. The Morgan fingerprint density at radius 1 is 1.20 bits per heavy atom. The fraction of sp³-hybridized carbons (Fsp3) is 0.250. The van der Waals surface area contributed by atoms with Crippen molar-refractivity contribution in [3.63, 3.8) is 0 Å². The normalized spacial score (nSPS) is 10.5. The van der Waals surface area contributed by atoms with Crippen molar-refractivity contribution in [2.75, 3.05) is 0 Å². The van der Waals surface area contributed by atoms with Gasteiger partial charge in [-0.2, -0.15) is 4.57 Å². The van der Waals surface area contributed by atoms with Gasteiger partial charge in [0, 0.05) is 19.4 Å². The van der Waals surface area contributed by atoms with Crippen LogP contribution in [-0.4, -0.2) is 0 Å². The van der Waals surface area contributed by atoms with Crippen LogP contribution in [0.3, 0.4) is 0 Å². The van der Waals surface area contributed by atoms with Gasteiger partial charge in [-0.25, -0.2) is 0 Å². The first kappa shape index (κ1) is 9.77. The zero-order valence-electron chi connectivity index (χ0n) is 8.86. The smallest absolute Gasteiger partial charge is 0.233 e. The molecule has 0 spiro atoms. The molecule has 1 aromatic heterocycles. The van der Waals surface area contributed by atoms with Gasteiger partial charge < -0.3 is 9.52 Å². The quantitative estimate of drug-likeness (QED) is 0.690. The van der Waals surface area contributed by atoms with E-state index in [0.29, 0.717) is 18.1 Å². The highest BCUT2D eigenvalue weighted by atomic mass is 16.5. The molecule has 0 unspecified atom stereocenters. The van der Waals surface area contributed by atoms with E-state index in [4.69, 9.17) is 4.42 Å². The summed E-state index contributed by atoms with van der Waals surface area (Å²) in [5.74, 6) is 0.407.